The Morgan fingerprint density at radius 2 is 2.00 bits per heavy atom. The third kappa shape index (κ3) is 4.60. The zero-order valence-corrected chi connectivity index (χ0v) is 13.3. The van der Waals surface area contributed by atoms with Crippen LogP contribution in [0.2, 0.25) is 0 Å². The van der Waals surface area contributed by atoms with E-state index in [1.807, 2.05) is 51.1 Å². The van der Waals surface area contributed by atoms with Crippen LogP contribution in [-0.2, 0) is 11.3 Å². The second-order valence-electron chi connectivity index (χ2n) is 5.12. The molecule has 5 nitrogen and oxygen atoms in total. The lowest BCUT2D eigenvalue weighted by Crippen LogP contribution is -2.30. The van der Waals surface area contributed by atoms with Crippen LogP contribution in [0.5, 0.6) is 0 Å². The van der Waals surface area contributed by atoms with Crippen molar-refractivity contribution < 1.29 is 4.79 Å². The molecule has 1 aromatic carbocycles. The predicted octanol–water partition coefficient (Wildman–Crippen LogP) is 2.73. The molecule has 0 aliphatic rings. The molecule has 112 valence electrons. The monoisotopic (exact) mass is 304 g/mol. The normalized spacial score (nSPS) is 12.4. The molecule has 0 aliphatic heterocycles. The number of amides is 1. The van der Waals surface area contributed by atoms with Gasteiger partial charge in [-0.3, -0.25) is 9.89 Å². The minimum Gasteiger partial charge on any atom is -0.351 e. The standard InChI is InChI=1S/C15H20N4OS/c1-10(2)13-17-15(19-18-13)21-11(3)14(20)16-9-12-7-5-4-6-8-12/h4-8,10-11H,9H2,1-3H3,(H,16,20)(H,17,18,19)/t11-/m0/s1. The maximum atomic E-state index is 12.1. The molecular weight excluding hydrogens is 284 g/mol. The van der Waals surface area contributed by atoms with Crippen LogP contribution < -0.4 is 5.32 Å². The van der Waals surface area contributed by atoms with Crippen molar-refractivity contribution in [3.63, 3.8) is 0 Å². The first kappa shape index (κ1) is 15.6. The SMILES string of the molecule is CC(C)c1nc(S[C@@H](C)C(=O)NCc2ccccc2)n[nH]1. The maximum absolute atomic E-state index is 12.1. The molecule has 0 fully saturated rings. The Bertz CT molecular complexity index is 582. The molecule has 0 saturated carbocycles. The Kier molecular flexibility index (Phi) is 5.38. The van der Waals surface area contributed by atoms with Crippen molar-refractivity contribution in [2.45, 2.75) is 43.6 Å². The van der Waals surface area contributed by atoms with Gasteiger partial charge in [0.05, 0.1) is 5.25 Å². The summed E-state index contributed by atoms with van der Waals surface area (Å²) in [6.45, 7) is 6.49. The summed E-state index contributed by atoms with van der Waals surface area (Å²) in [7, 11) is 0. The summed E-state index contributed by atoms with van der Waals surface area (Å²) in [6, 6.07) is 9.85. The van der Waals surface area contributed by atoms with Gasteiger partial charge >= 0.3 is 0 Å². The van der Waals surface area contributed by atoms with Gasteiger partial charge in [-0.2, -0.15) is 0 Å². The van der Waals surface area contributed by atoms with Crippen LogP contribution in [0.25, 0.3) is 0 Å². The number of rotatable bonds is 6. The molecule has 6 heteroatoms. The van der Waals surface area contributed by atoms with Crippen molar-refractivity contribution in [3.8, 4) is 0 Å². The molecule has 1 heterocycles. The number of carbonyl (C=O) groups is 1. The molecule has 0 aliphatic carbocycles. The van der Waals surface area contributed by atoms with Crippen molar-refractivity contribution in [1.29, 1.82) is 0 Å². The van der Waals surface area contributed by atoms with Gasteiger partial charge in [-0.1, -0.05) is 55.9 Å². The lowest BCUT2D eigenvalue weighted by atomic mass is 10.2. The van der Waals surface area contributed by atoms with Crippen molar-refractivity contribution >= 4 is 17.7 Å². The van der Waals surface area contributed by atoms with E-state index in [0.29, 0.717) is 17.6 Å². The van der Waals surface area contributed by atoms with Gasteiger partial charge in [0, 0.05) is 12.5 Å². The highest BCUT2D eigenvalue weighted by Crippen LogP contribution is 2.21. The van der Waals surface area contributed by atoms with Crippen LogP contribution in [-0.4, -0.2) is 26.3 Å². The van der Waals surface area contributed by atoms with Gasteiger partial charge in [0.2, 0.25) is 11.1 Å². The number of H-pyrrole nitrogens is 1. The van der Waals surface area contributed by atoms with E-state index in [1.54, 1.807) is 0 Å². The molecular formula is C15H20N4OS. The van der Waals surface area contributed by atoms with Crippen LogP contribution in [0.1, 0.15) is 38.1 Å². The van der Waals surface area contributed by atoms with Gasteiger partial charge in [0.1, 0.15) is 5.82 Å². The largest absolute Gasteiger partial charge is 0.351 e. The molecule has 0 bridgehead atoms. The summed E-state index contributed by atoms with van der Waals surface area (Å²) in [5.41, 5.74) is 1.09. The minimum absolute atomic E-state index is 0.0141. The quantitative estimate of drug-likeness (QED) is 0.805. The van der Waals surface area contributed by atoms with Gasteiger partial charge in [0.15, 0.2) is 0 Å². The van der Waals surface area contributed by atoms with Crippen molar-refractivity contribution in [2.24, 2.45) is 0 Å². The van der Waals surface area contributed by atoms with Crippen LogP contribution in [0, 0.1) is 0 Å². The number of thioether (sulfide) groups is 1. The number of hydrogen-bond donors (Lipinski definition) is 2. The van der Waals surface area contributed by atoms with Gasteiger partial charge in [-0.05, 0) is 12.5 Å². The molecule has 2 rings (SSSR count). The van der Waals surface area contributed by atoms with E-state index in [0.717, 1.165) is 11.4 Å². The fourth-order valence-electron chi connectivity index (χ4n) is 1.71. The average Bonchev–Trinajstić information content (AvgIpc) is 2.94. The minimum atomic E-state index is -0.232. The molecule has 21 heavy (non-hydrogen) atoms. The summed E-state index contributed by atoms with van der Waals surface area (Å²) in [5, 5.41) is 10.3. The summed E-state index contributed by atoms with van der Waals surface area (Å²) < 4.78 is 0. The van der Waals surface area contributed by atoms with E-state index in [9.17, 15) is 4.79 Å². The first-order valence-electron chi connectivity index (χ1n) is 6.97. The first-order chi connectivity index (χ1) is 10.1. The van der Waals surface area contributed by atoms with E-state index in [-0.39, 0.29) is 11.2 Å². The van der Waals surface area contributed by atoms with Crippen LogP contribution in [0.4, 0.5) is 0 Å². The molecule has 2 aromatic rings. The number of carbonyl (C=O) groups excluding carboxylic acids is 1. The molecule has 2 N–H and O–H groups in total. The first-order valence-corrected chi connectivity index (χ1v) is 7.85. The van der Waals surface area contributed by atoms with Crippen LogP contribution in [0.15, 0.2) is 35.5 Å². The van der Waals surface area contributed by atoms with E-state index in [1.165, 1.54) is 11.8 Å². The van der Waals surface area contributed by atoms with E-state index in [2.05, 4.69) is 20.5 Å². The Balaban J connectivity index is 1.84. The molecule has 1 amide bonds. The molecule has 0 saturated heterocycles. The van der Waals surface area contributed by atoms with E-state index in [4.69, 9.17) is 0 Å². The molecule has 1 atom stereocenters. The Morgan fingerprint density at radius 1 is 1.29 bits per heavy atom. The molecule has 0 spiro atoms. The van der Waals surface area contributed by atoms with Crippen molar-refractivity contribution in [2.75, 3.05) is 0 Å². The smallest absolute Gasteiger partial charge is 0.233 e. The fourth-order valence-corrected chi connectivity index (χ4v) is 2.47. The number of nitrogens with one attached hydrogen (secondary N) is 2. The fraction of sp³-hybridized carbons (Fsp3) is 0.400. The molecule has 1 aromatic heterocycles. The van der Waals surface area contributed by atoms with Crippen LogP contribution in [0.3, 0.4) is 0 Å². The highest BCUT2D eigenvalue weighted by atomic mass is 32.2. The third-order valence-corrected chi connectivity index (χ3v) is 3.95. The van der Waals surface area contributed by atoms with Gasteiger partial charge in [-0.25, -0.2) is 4.98 Å². The predicted molar refractivity (Wildman–Crippen MR) is 84.1 cm³/mol. The van der Waals surface area contributed by atoms with Gasteiger partial charge in [-0.15, -0.1) is 5.10 Å². The Morgan fingerprint density at radius 3 is 2.62 bits per heavy atom. The Hall–Kier alpha value is -1.82. The second-order valence-corrected chi connectivity index (χ2v) is 6.43. The number of benzene rings is 1. The van der Waals surface area contributed by atoms with E-state index >= 15 is 0 Å². The van der Waals surface area contributed by atoms with Crippen LogP contribution >= 0.6 is 11.8 Å². The lowest BCUT2D eigenvalue weighted by Gasteiger charge is -2.10. The molecule has 0 unspecified atom stereocenters. The maximum Gasteiger partial charge on any atom is 0.233 e. The summed E-state index contributed by atoms with van der Waals surface area (Å²) in [4.78, 5) is 16.4. The summed E-state index contributed by atoms with van der Waals surface area (Å²) >= 11 is 1.36. The van der Waals surface area contributed by atoms with Crippen molar-refractivity contribution in [3.05, 3.63) is 41.7 Å². The van der Waals surface area contributed by atoms with Crippen molar-refractivity contribution in [1.82, 2.24) is 20.5 Å². The zero-order valence-electron chi connectivity index (χ0n) is 12.5. The highest BCUT2D eigenvalue weighted by molar-refractivity contribution is 8.00. The highest BCUT2D eigenvalue weighted by Gasteiger charge is 2.17. The zero-order chi connectivity index (χ0) is 15.2. The Labute approximate surface area is 128 Å². The number of nitrogens with zero attached hydrogens (tertiary/aromatic N) is 2. The third-order valence-electron chi connectivity index (χ3n) is 2.99. The summed E-state index contributed by atoms with van der Waals surface area (Å²) in [5.74, 6) is 1.13. The van der Waals surface area contributed by atoms with Gasteiger partial charge < -0.3 is 5.32 Å². The number of hydrogen-bond acceptors (Lipinski definition) is 4. The number of aromatic nitrogens is 3. The van der Waals surface area contributed by atoms with Gasteiger partial charge in [0.25, 0.3) is 0 Å². The average molecular weight is 304 g/mol. The van der Waals surface area contributed by atoms with E-state index < -0.39 is 0 Å². The molecule has 0 radical (unpaired) electrons. The second kappa shape index (κ2) is 7.26. The lowest BCUT2D eigenvalue weighted by molar-refractivity contribution is -0.120. The summed E-state index contributed by atoms with van der Waals surface area (Å²) in [6.07, 6.45) is 0. The topological polar surface area (TPSA) is 70.7 Å². The number of aromatic amines is 1.